The van der Waals surface area contributed by atoms with Crippen LogP contribution in [0.3, 0.4) is 0 Å². The van der Waals surface area contributed by atoms with Crippen LogP contribution >= 0.6 is 0 Å². The second-order valence-corrected chi connectivity index (χ2v) is 5.42. The van der Waals surface area contributed by atoms with Gasteiger partial charge in [-0.05, 0) is 60.9 Å². The molecule has 0 nitrogen and oxygen atoms in total. The average molecular weight is 248 g/mol. The van der Waals surface area contributed by atoms with Gasteiger partial charge in [-0.3, -0.25) is 0 Å². The molecule has 0 saturated carbocycles. The molecule has 1 aliphatic carbocycles. The highest BCUT2D eigenvalue weighted by Crippen LogP contribution is 2.29. The van der Waals surface area contributed by atoms with Crippen molar-refractivity contribution in [3.8, 4) is 11.1 Å². The minimum absolute atomic E-state index is 1.23. The van der Waals surface area contributed by atoms with Crippen LogP contribution in [0, 0.1) is 6.92 Å². The molecular formula is C19H20. The first-order chi connectivity index (χ1) is 9.33. The summed E-state index contributed by atoms with van der Waals surface area (Å²) in [7, 11) is 0. The molecule has 0 N–H and O–H groups in total. The van der Waals surface area contributed by atoms with Gasteiger partial charge in [0.1, 0.15) is 0 Å². The van der Waals surface area contributed by atoms with Gasteiger partial charge in [0.25, 0.3) is 0 Å². The van der Waals surface area contributed by atoms with E-state index in [9.17, 15) is 0 Å². The van der Waals surface area contributed by atoms with E-state index in [1.54, 1.807) is 0 Å². The zero-order valence-electron chi connectivity index (χ0n) is 11.5. The van der Waals surface area contributed by atoms with Crippen LogP contribution in [0.5, 0.6) is 0 Å². The van der Waals surface area contributed by atoms with E-state index in [0.29, 0.717) is 0 Å². The number of hydrogen-bond acceptors (Lipinski definition) is 0. The van der Waals surface area contributed by atoms with Crippen molar-refractivity contribution < 1.29 is 0 Å². The van der Waals surface area contributed by atoms with E-state index < -0.39 is 0 Å². The third-order valence-corrected chi connectivity index (χ3v) is 3.91. The maximum absolute atomic E-state index is 2.41. The lowest BCUT2D eigenvalue weighted by molar-refractivity contribution is 0.742. The molecule has 3 rings (SSSR count). The first-order valence-electron chi connectivity index (χ1n) is 7.19. The van der Waals surface area contributed by atoms with E-state index in [4.69, 9.17) is 0 Å². The van der Waals surface area contributed by atoms with Crippen LogP contribution in [0.25, 0.3) is 16.7 Å². The van der Waals surface area contributed by atoms with Gasteiger partial charge in [0.05, 0.1) is 0 Å². The monoisotopic (exact) mass is 248 g/mol. The molecule has 2 aromatic carbocycles. The quantitative estimate of drug-likeness (QED) is 0.647. The van der Waals surface area contributed by atoms with Gasteiger partial charge in [0, 0.05) is 0 Å². The van der Waals surface area contributed by atoms with Crippen molar-refractivity contribution >= 4 is 5.57 Å². The minimum Gasteiger partial charge on any atom is -0.0807 e. The van der Waals surface area contributed by atoms with Crippen LogP contribution in [-0.2, 0) is 0 Å². The Kier molecular flexibility index (Phi) is 3.50. The fourth-order valence-electron chi connectivity index (χ4n) is 2.74. The molecule has 96 valence electrons. The van der Waals surface area contributed by atoms with Crippen LogP contribution < -0.4 is 0 Å². The number of benzene rings is 2. The summed E-state index contributed by atoms with van der Waals surface area (Å²) in [4.78, 5) is 0. The van der Waals surface area contributed by atoms with Crippen LogP contribution in [0.15, 0.2) is 54.6 Å². The Morgan fingerprint density at radius 2 is 1.58 bits per heavy atom. The number of rotatable bonds is 2. The lowest BCUT2D eigenvalue weighted by Crippen LogP contribution is -1.92. The van der Waals surface area contributed by atoms with Crippen LogP contribution in [0.4, 0.5) is 0 Å². The predicted octanol–water partition coefficient (Wildman–Crippen LogP) is 5.62. The average Bonchev–Trinajstić information content (AvgIpc) is 2.49. The number of allylic oxidation sites excluding steroid dienone is 2. The molecule has 0 fully saturated rings. The van der Waals surface area contributed by atoms with Gasteiger partial charge in [0.2, 0.25) is 0 Å². The van der Waals surface area contributed by atoms with E-state index in [0.717, 1.165) is 0 Å². The third kappa shape index (κ3) is 2.78. The van der Waals surface area contributed by atoms with Crippen molar-refractivity contribution in [2.45, 2.75) is 32.6 Å². The summed E-state index contributed by atoms with van der Waals surface area (Å²) in [5, 5.41) is 0. The van der Waals surface area contributed by atoms with Crippen LogP contribution in [-0.4, -0.2) is 0 Å². The fourth-order valence-corrected chi connectivity index (χ4v) is 2.74. The molecule has 0 heteroatoms. The molecule has 0 amide bonds. The van der Waals surface area contributed by atoms with E-state index in [1.807, 2.05) is 0 Å². The van der Waals surface area contributed by atoms with Gasteiger partial charge in [-0.1, -0.05) is 54.1 Å². The molecular weight excluding hydrogens is 228 g/mol. The summed E-state index contributed by atoms with van der Waals surface area (Å²) in [6, 6.07) is 17.8. The molecule has 0 aromatic heterocycles. The summed E-state index contributed by atoms with van der Waals surface area (Å²) in [5.74, 6) is 0. The summed E-state index contributed by atoms with van der Waals surface area (Å²) in [6.07, 6.45) is 7.57. The zero-order chi connectivity index (χ0) is 13.1. The Morgan fingerprint density at radius 3 is 2.32 bits per heavy atom. The fraction of sp³-hybridized carbons (Fsp3) is 0.263. The summed E-state index contributed by atoms with van der Waals surface area (Å²) >= 11 is 0. The first kappa shape index (κ1) is 12.2. The zero-order valence-corrected chi connectivity index (χ0v) is 11.5. The van der Waals surface area contributed by atoms with E-state index in [-0.39, 0.29) is 0 Å². The first-order valence-corrected chi connectivity index (χ1v) is 7.19. The highest BCUT2D eigenvalue weighted by atomic mass is 14.1. The third-order valence-electron chi connectivity index (χ3n) is 3.91. The van der Waals surface area contributed by atoms with Gasteiger partial charge in [-0.15, -0.1) is 0 Å². The predicted molar refractivity (Wildman–Crippen MR) is 83.1 cm³/mol. The summed E-state index contributed by atoms with van der Waals surface area (Å²) in [5.41, 5.74) is 6.88. The second kappa shape index (κ2) is 5.44. The van der Waals surface area contributed by atoms with Crippen molar-refractivity contribution in [2.24, 2.45) is 0 Å². The highest BCUT2D eigenvalue weighted by molar-refractivity contribution is 5.73. The molecule has 0 atom stereocenters. The molecule has 0 aliphatic heterocycles. The molecule has 1 aliphatic rings. The molecule has 0 heterocycles. The minimum atomic E-state index is 1.23. The van der Waals surface area contributed by atoms with Gasteiger partial charge in [-0.2, -0.15) is 0 Å². The Bertz CT molecular complexity index is 588. The van der Waals surface area contributed by atoms with Crippen LogP contribution in [0.2, 0.25) is 0 Å². The molecule has 2 aromatic rings. The topological polar surface area (TPSA) is 0 Å². The maximum atomic E-state index is 2.41. The Labute approximate surface area is 115 Å². The van der Waals surface area contributed by atoms with Gasteiger partial charge in [0.15, 0.2) is 0 Å². The van der Waals surface area contributed by atoms with E-state index in [2.05, 4.69) is 61.5 Å². The standard InChI is InChI=1S/C19H20/c1-15-10-12-17(13-11-15)19-9-5-8-18(14-19)16-6-3-2-4-7-16/h5-6,8-14H,2-4,7H2,1H3. The normalized spacial score (nSPS) is 15.1. The molecule has 0 saturated heterocycles. The lowest BCUT2D eigenvalue weighted by Gasteiger charge is -2.14. The summed E-state index contributed by atoms with van der Waals surface area (Å²) in [6.45, 7) is 2.13. The second-order valence-electron chi connectivity index (χ2n) is 5.42. The molecule has 0 unspecified atom stereocenters. The van der Waals surface area contributed by atoms with Crippen molar-refractivity contribution in [2.75, 3.05) is 0 Å². The van der Waals surface area contributed by atoms with Gasteiger partial charge < -0.3 is 0 Å². The number of aryl methyl sites for hydroxylation is 1. The highest BCUT2D eigenvalue weighted by Gasteiger charge is 2.07. The van der Waals surface area contributed by atoms with E-state index >= 15 is 0 Å². The van der Waals surface area contributed by atoms with Crippen molar-refractivity contribution in [1.82, 2.24) is 0 Å². The molecule has 19 heavy (non-hydrogen) atoms. The van der Waals surface area contributed by atoms with Crippen molar-refractivity contribution in [3.05, 3.63) is 65.7 Å². The van der Waals surface area contributed by atoms with Crippen molar-refractivity contribution in [3.63, 3.8) is 0 Å². The number of hydrogen-bond donors (Lipinski definition) is 0. The summed E-state index contributed by atoms with van der Waals surface area (Å²) < 4.78 is 0. The Balaban J connectivity index is 1.95. The Morgan fingerprint density at radius 1 is 0.789 bits per heavy atom. The van der Waals surface area contributed by atoms with Gasteiger partial charge in [-0.25, -0.2) is 0 Å². The van der Waals surface area contributed by atoms with E-state index in [1.165, 1.54) is 53.5 Å². The lowest BCUT2D eigenvalue weighted by atomic mass is 9.92. The van der Waals surface area contributed by atoms with Gasteiger partial charge >= 0.3 is 0 Å². The molecule has 0 bridgehead atoms. The molecule has 0 radical (unpaired) electrons. The largest absolute Gasteiger partial charge is 0.0807 e. The maximum Gasteiger partial charge on any atom is -0.0178 e. The molecule has 0 spiro atoms. The SMILES string of the molecule is Cc1ccc(-c2cccc(C3=CCCCC3)c2)cc1. The smallest absolute Gasteiger partial charge is 0.0178 e. The van der Waals surface area contributed by atoms with Crippen LogP contribution in [0.1, 0.15) is 36.8 Å². The van der Waals surface area contributed by atoms with Crippen molar-refractivity contribution in [1.29, 1.82) is 0 Å². The Hall–Kier alpha value is -1.82.